The Morgan fingerprint density at radius 3 is 2.45 bits per heavy atom. The number of benzene rings is 1. The topological polar surface area (TPSA) is 117 Å². The van der Waals surface area contributed by atoms with Crippen LogP contribution < -0.4 is 14.2 Å². The highest BCUT2D eigenvalue weighted by Crippen LogP contribution is 2.35. The van der Waals surface area contributed by atoms with Gasteiger partial charge < -0.3 is 19.1 Å². The lowest BCUT2D eigenvalue weighted by Gasteiger charge is -2.32. The van der Waals surface area contributed by atoms with Gasteiger partial charge in [0.15, 0.2) is 11.5 Å². The van der Waals surface area contributed by atoms with Crippen LogP contribution in [0.2, 0.25) is 0 Å². The van der Waals surface area contributed by atoms with Crippen LogP contribution in [0.3, 0.4) is 0 Å². The molecule has 1 saturated heterocycles. The van der Waals surface area contributed by atoms with Crippen LogP contribution in [0.1, 0.15) is 29.0 Å². The Balaban J connectivity index is 1.72. The van der Waals surface area contributed by atoms with Gasteiger partial charge in [-0.3, -0.25) is 14.9 Å². The summed E-state index contributed by atoms with van der Waals surface area (Å²) < 4.78 is 16.2. The molecule has 0 spiro atoms. The number of carbonyl (C=O) groups is 1. The first-order chi connectivity index (χ1) is 13.9. The minimum atomic E-state index is -0.595. The van der Waals surface area contributed by atoms with Crippen LogP contribution in [0.15, 0.2) is 24.4 Å². The van der Waals surface area contributed by atoms with Crippen molar-refractivity contribution in [3.8, 4) is 17.4 Å². The normalized spacial score (nSPS) is 14.4. The molecule has 0 aliphatic carbocycles. The lowest BCUT2D eigenvalue weighted by molar-refractivity contribution is -0.385. The molecule has 0 unspecified atom stereocenters. The third kappa shape index (κ3) is 4.53. The number of nitro groups is 1. The number of aryl methyl sites for hydroxylation is 1. The molecule has 29 heavy (non-hydrogen) atoms. The van der Waals surface area contributed by atoms with Gasteiger partial charge in [0.1, 0.15) is 17.5 Å². The highest BCUT2D eigenvalue weighted by atomic mass is 16.6. The molecule has 10 heteroatoms. The molecule has 2 heterocycles. The number of nitrogens with zero attached hydrogens (tertiary/aromatic N) is 4. The van der Waals surface area contributed by atoms with Crippen LogP contribution in [0.25, 0.3) is 0 Å². The van der Waals surface area contributed by atoms with Gasteiger partial charge in [-0.1, -0.05) is 0 Å². The predicted octanol–water partition coefficient (Wildman–Crippen LogP) is 2.39. The standard InChI is InChI=1S/C19H22N4O6/c1-12-20-7-4-18(21-12)29-13-5-8-22(9-6-13)19(24)14-10-16(27-2)17(28-3)11-15(14)23(25)26/h4,7,10-11,13H,5-6,8-9H2,1-3H3. The van der Waals surface area contributed by atoms with Gasteiger partial charge in [-0.05, 0) is 6.92 Å². The summed E-state index contributed by atoms with van der Waals surface area (Å²) in [6.07, 6.45) is 2.73. The van der Waals surface area contributed by atoms with Crippen LogP contribution in [0, 0.1) is 17.0 Å². The summed E-state index contributed by atoms with van der Waals surface area (Å²) >= 11 is 0. The minimum Gasteiger partial charge on any atom is -0.493 e. The first-order valence-electron chi connectivity index (χ1n) is 9.09. The van der Waals surface area contributed by atoms with Crippen LogP contribution >= 0.6 is 0 Å². The number of carbonyl (C=O) groups excluding carboxylic acids is 1. The second-order valence-corrected chi connectivity index (χ2v) is 6.53. The number of hydrogen-bond acceptors (Lipinski definition) is 8. The summed E-state index contributed by atoms with van der Waals surface area (Å²) in [6.45, 7) is 2.61. The Morgan fingerprint density at radius 2 is 1.86 bits per heavy atom. The number of rotatable bonds is 6. The van der Waals surface area contributed by atoms with Gasteiger partial charge in [0.25, 0.3) is 11.6 Å². The third-order valence-corrected chi connectivity index (χ3v) is 4.70. The molecule has 1 fully saturated rings. The Hall–Kier alpha value is -3.43. The minimum absolute atomic E-state index is 0.0292. The predicted molar refractivity (Wildman–Crippen MR) is 103 cm³/mol. The third-order valence-electron chi connectivity index (χ3n) is 4.70. The van der Waals surface area contributed by atoms with Crippen molar-refractivity contribution in [1.82, 2.24) is 14.9 Å². The van der Waals surface area contributed by atoms with Crippen LogP contribution in [-0.2, 0) is 0 Å². The molecule has 3 rings (SSSR count). The number of piperidine rings is 1. The fourth-order valence-corrected chi connectivity index (χ4v) is 3.21. The van der Waals surface area contributed by atoms with E-state index in [1.165, 1.54) is 26.4 Å². The van der Waals surface area contributed by atoms with Crippen molar-refractivity contribution < 1.29 is 23.9 Å². The van der Waals surface area contributed by atoms with E-state index in [0.717, 1.165) is 0 Å². The number of likely N-dealkylation sites (tertiary alicyclic amines) is 1. The highest BCUT2D eigenvalue weighted by Gasteiger charge is 2.31. The number of hydrogen-bond donors (Lipinski definition) is 0. The highest BCUT2D eigenvalue weighted by molar-refractivity contribution is 5.99. The van der Waals surface area contributed by atoms with Crippen molar-refractivity contribution in [3.05, 3.63) is 45.9 Å². The van der Waals surface area contributed by atoms with Crippen molar-refractivity contribution in [1.29, 1.82) is 0 Å². The number of methoxy groups -OCH3 is 2. The summed E-state index contributed by atoms with van der Waals surface area (Å²) in [5, 5.41) is 11.5. The molecule has 1 aliphatic heterocycles. The molecule has 0 atom stereocenters. The SMILES string of the molecule is COc1cc(C(=O)N2CCC(Oc3ccnc(C)n3)CC2)c([N+](=O)[O-])cc1OC. The fraction of sp³-hybridized carbons (Fsp3) is 0.421. The molecule has 2 aromatic rings. The Kier molecular flexibility index (Phi) is 6.10. The van der Waals surface area contributed by atoms with Crippen LogP contribution in [-0.4, -0.2) is 59.1 Å². The van der Waals surface area contributed by atoms with E-state index in [4.69, 9.17) is 14.2 Å². The van der Waals surface area contributed by atoms with Gasteiger partial charge in [0.2, 0.25) is 5.88 Å². The number of aromatic nitrogens is 2. The summed E-state index contributed by atoms with van der Waals surface area (Å²) in [6, 6.07) is 4.25. The van der Waals surface area contributed by atoms with Gasteiger partial charge in [-0.15, -0.1) is 0 Å². The second kappa shape index (κ2) is 8.72. The second-order valence-electron chi connectivity index (χ2n) is 6.53. The summed E-state index contributed by atoms with van der Waals surface area (Å²) in [5.74, 6) is 1.16. The van der Waals surface area contributed by atoms with E-state index < -0.39 is 10.8 Å². The zero-order valence-electron chi connectivity index (χ0n) is 16.5. The fourth-order valence-electron chi connectivity index (χ4n) is 3.21. The van der Waals surface area contributed by atoms with Gasteiger partial charge in [0.05, 0.1) is 25.2 Å². The molecule has 10 nitrogen and oxygen atoms in total. The number of amides is 1. The molecule has 1 amide bonds. The molecule has 154 valence electrons. The summed E-state index contributed by atoms with van der Waals surface area (Å²) in [5.41, 5.74) is -0.346. The Bertz CT molecular complexity index is 912. The van der Waals surface area contributed by atoms with Gasteiger partial charge >= 0.3 is 0 Å². The first-order valence-corrected chi connectivity index (χ1v) is 9.09. The molecular weight excluding hydrogens is 380 g/mol. The largest absolute Gasteiger partial charge is 0.493 e. The van der Waals surface area contributed by atoms with Crippen LogP contribution in [0.4, 0.5) is 5.69 Å². The van der Waals surface area contributed by atoms with E-state index in [-0.39, 0.29) is 28.9 Å². The van der Waals surface area contributed by atoms with E-state index in [2.05, 4.69) is 9.97 Å². The molecule has 0 N–H and O–H groups in total. The lowest BCUT2D eigenvalue weighted by atomic mass is 10.0. The van der Waals surface area contributed by atoms with Crippen molar-refractivity contribution in [3.63, 3.8) is 0 Å². The molecule has 0 saturated carbocycles. The smallest absolute Gasteiger partial charge is 0.286 e. The quantitative estimate of drug-likeness (QED) is 0.534. The van der Waals surface area contributed by atoms with Crippen molar-refractivity contribution in [2.45, 2.75) is 25.9 Å². The van der Waals surface area contributed by atoms with Gasteiger partial charge in [-0.25, -0.2) is 4.98 Å². The zero-order chi connectivity index (χ0) is 21.0. The van der Waals surface area contributed by atoms with Gasteiger partial charge in [0, 0.05) is 44.3 Å². The molecule has 1 aromatic heterocycles. The van der Waals surface area contributed by atoms with Crippen LogP contribution in [0.5, 0.6) is 17.4 Å². The lowest BCUT2D eigenvalue weighted by Crippen LogP contribution is -2.42. The van der Waals surface area contributed by atoms with Crippen molar-refractivity contribution in [2.75, 3.05) is 27.3 Å². The molecule has 0 radical (unpaired) electrons. The van der Waals surface area contributed by atoms with E-state index in [1.807, 2.05) is 0 Å². The summed E-state index contributed by atoms with van der Waals surface area (Å²) in [7, 11) is 2.79. The number of ether oxygens (including phenoxy) is 3. The van der Waals surface area contributed by atoms with E-state index in [9.17, 15) is 14.9 Å². The van der Waals surface area contributed by atoms with Gasteiger partial charge in [-0.2, -0.15) is 4.98 Å². The number of nitro benzene ring substituents is 1. The Labute approximate surface area is 167 Å². The van der Waals surface area contributed by atoms with E-state index in [1.54, 1.807) is 24.1 Å². The first kappa shape index (κ1) is 20.3. The zero-order valence-corrected chi connectivity index (χ0v) is 16.5. The molecule has 1 aliphatic rings. The Morgan fingerprint density at radius 1 is 1.21 bits per heavy atom. The van der Waals surface area contributed by atoms with Crippen molar-refractivity contribution in [2.24, 2.45) is 0 Å². The molecular formula is C19H22N4O6. The average molecular weight is 402 g/mol. The summed E-state index contributed by atoms with van der Waals surface area (Å²) in [4.78, 5) is 33.7. The molecule has 0 bridgehead atoms. The maximum Gasteiger partial charge on any atom is 0.286 e. The van der Waals surface area contributed by atoms with Crippen molar-refractivity contribution >= 4 is 11.6 Å². The average Bonchev–Trinajstić information content (AvgIpc) is 2.72. The molecule has 1 aromatic carbocycles. The van der Waals surface area contributed by atoms with E-state index in [0.29, 0.717) is 37.6 Å². The maximum absolute atomic E-state index is 13.0. The monoisotopic (exact) mass is 402 g/mol. The maximum atomic E-state index is 13.0. The van der Waals surface area contributed by atoms with E-state index >= 15 is 0 Å².